The molecule has 4 nitrogen and oxygen atoms in total. The lowest BCUT2D eigenvalue weighted by molar-refractivity contribution is -0.150. The molecule has 1 fully saturated rings. The van der Waals surface area contributed by atoms with E-state index >= 15 is 0 Å². The summed E-state index contributed by atoms with van der Waals surface area (Å²) in [5.74, 6) is -0.140. The van der Waals surface area contributed by atoms with Crippen molar-refractivity contribution in [1.82, 2.24) is 10.3 Å². The van der Waals surface area contributed by atoms with E-state index in [2.05, 4.69) is 17.2 Å². The molecule has 21 heavy (non-hydrogen) atoms. The SMILES string of the molecule is CCOC(=O)C(C)(CC(C)Sc1ccncc1)NC1CC1. The van der Waals surface area contributed by atoms with Gasteiger partial charge in [0.25, 0.3) is 0 Å². The zero-order valence-electron chi connectivity index (χ0n) is 13.0. The van der Waals surface area contributed by atoms with Crippen LogP contribution >= 0.6 is 11.8 Å². The molecule has 2 rings (SSSR count). The number of ether oxygens (including phenoxy) is 1. The average Bonchev–Trinajstić information content (AvgIpc) is 3.23. The summed E-state index contributed by atoms with van der Waals surface area (Å²) in [7, 11) is 0. The van der Waals surface area contributed by atoms with Crippen molar-refractivity contribution in [1.29, 1.82) is 0 Å². The van der Waals surface area contributed by atoms with Crippen LogP contribution in [0.5, 0.6) is 0 Å². The molecule has 1 aromatic heterocycles. The van der Waals surface area contributed by atoms with Crippen molar-refractivity contribution in [3.63, 3.8) is 0 Å². The van der Waals surface area contributed by atoms with Crippen LogP contribution in [0.2, 0.25) is 0 Å². The van der Waals surface area contributed by atoms with Gasteiger partial charge in [0.1, 0.15) is 5.54 Å². The van der Waals surface area contributed by atoms with Crippen molar-refractivity contribution in [2.24, 2.45) is 0 Å². The van der Waals surface area contributed by atoms with E-state index in [0.717, 1.165) is 19.3 Å². The second-order valence-electron chi connectivity index (χ2n) is 5.79. The highest BCUT2D eigenvalue weighted by molar-refractivity contribution is 7.99. The molecule has 0 radical (unpaired) electrons. The van der Waals surface area contributed by atoms with Crippen LogP contribution in [0.3, 0.4) is 0 Å². The predicted molar refractivity (Wildman–Crippen MR) is 85.4 cm³/mol. The molecular weight excluding hydrogens is 284 g/mol. The Morgan fingerprint density at radius 1 is 1.52 bits per heavy atom. The molecule has 0 spiro atoms. The van der Waals surface area contributed by atoms with Crippen molar-refractivity contribution in [3.8, 4) is 0 Å². The number of esters is 1. The molecule has 1 aliphatic carbocycles. The maximum atomic E-state index is 12.3. The predicted octanol–water partition coefficient (Wildman–Crippen LogP) is 3.03. The van der Waals surface area contributed by atoms with Crippen LogP contribution in [-0.4, -0.2) is 34.4 Å². The summed E-state index contributed by atoms with van der Waals surface area (Å²) in [5.41, 5.74) is -0.601. The molecule has 2 atom stereocenters. The van der Waals surface area contributed by atoms with Crippen LogP contribution in [-0.2, 0) is 9.53 Å². The highest BCUT2D eigenvalue weighted by Crippen LogP contribution is 2.31. The number of thioether (sulfide) groups is 1. The van der Waals surface area contributed by atoms with Gasteiger partial charge in [-0.15, -0.1) is 11.8 Å². The maximum absolute atomic E-state index is 12.3. The number of pyridine rings is 1. The molecule has 1 N–H and O–H groups in total. The first-order valence-electron chi connectivity index (χ1n) is 7.55. The summed E-state index contributed by atoms with van der Waals surface area (Å²) in [5, 5.41) is 3.78. The first-order chi connectivity index (χ1) is 10.0. The van der Waals surface area contributed by atoms with Gasteiger partial charge in [0.05, 0.1) is 6.61 Å². The third kappa shape index (κ3) is 5.00. The Morgan fingerprint density at radius 3 is 2.76 bits per heavy atom. The summed E-state index contributed by atoms with van der Waals surface area (Å²) in [6, 6.07) is 4.46. The molecule has 0 bridgehead atoms. The number of hydrogen-bond donors (Lipinski definition) is 1. The summed E-state index contributed by atoms with van der Waals surface area (Å²) in [6.07, 6.45) is 6.64. The summed E-state index contributed by atoms with van der Waals surface area (Å²) >= 11 is 1.77. The van der Waals surface area contributed by atoms with Gasteiger partial charge >= 0.3 is 5.97 Å². The molecule has 0 aromatic carbocycles. The fraction of sp³-hybridized carbons (Fsp3) is 0.625. The topological polar surface area (TPSA) is 51.2 Å². The Kier molecular flexibility index (Phi) is 5.65. The summed E-state index contributed by atoms with van der Waals surface area (Å²) < 4.78 is 5.27. The summed E-state index contributed by atoms with van der Waals surface area (Å²) in [6.45, 7) is 6.39. The lowest BCUT2D eigenvalue weighted by Crippen LogP contribution is -2.52. The van der Waals surface area contributed by atoms with Gasteiger partial charge < -0.3 is 4.74 Å². The molecular formula is C16H24N2O2S. The van der Waals surface area contributed by atoms with E-state index in [4.69, 9.17) is 4.74 Å². The Morgan fingerprint density at radius 2 is 2.19 bits per heavy atom. The lowest BCUT2D eigenvalue weighted by Gasteiger charge is -2.31. The molecule has 1 aliphatic rings. The second-order valence-corrected chi connectivity index (χ2v) is 7.30. The molecule has 1 heterocycles. The number of carbonyl (C=O) groups excluding carboxylic acids is 1. The molecule has 2 unspecified atom stereocenters. The average molecular weight is 308 g/mol. The van der Waals surface area contributed by atoms with E-state index in [1.54, 1.807) is 24.2 Å². The number of rotatable bonds is 8. The minimum absolute atomic E-state index is 0.140. The fourth-order valence-electron chi connectivity index (χ4n) is 2.44. The third-order valence-corrected chi connectivity index (χ3v) is 4.62. The van der Waals surface area contributed by atoms with E-state index in [0.29, 0.717) is 17.9 Å². The standard InChI is InChI=1S/C16H24N2O2S/c1-4-20-15(19)16(3,18-13-5-6-13)11-12(2)21-14-7-9-17-10-8-14/h7-10,12-13,18H,4-6,11H2,1-3H3. The van der Waals surface area contributed by atoms with Crippen molar-refractivity contribution in [3.05, 3.63) is 24.5 Å². The van der Waals surface area contributed by atoms with Crippen molar-refractivity contribution < 1.29 is 9.53 Å². The number of nitrogens with zero attached hydrogens (tertiary/aromatic N) is 1. The minimum Gasteiger partial charge on any atom is -0.465 e. The zero-order valence-corrected chi connectivity index (χ0v) is 13.8. The van der Waals surface area contributed by atoms with Gasteiger partial charge in [-0.25, -0.2) is 0 Å². The monoisotopic (exact) mass is 308 g/mol. The number of carbonyl (C=O) groups is 1. The molecule has 0 aliphatic heterocycles. The number of nitrogens with one attached hydrogen (secondary N) is 1. The smallest absolute Gasteiger partial charge is 0.326 e. The van der Waals surface area contributed by atoms with Crippen molar-refractivity contribution >= 4 is 17.7 Å². The van der Waals surface area contributed by atoms with Crippen LogP contribution in [0, 0.1) is 0 Å². The molecule has 0 amide bonds. The maximum Gasteiger partial charge on any atom is 0.326 e. The van der Waals surface area contributed by atoms with E-state index in [1.807, 2.05) is 26.0 Å². The number of hydrogen-bond acceptors (Lipinski definition) is 5. The van der Waals surface area contributed by atoms with Crippen LogP contribution in [0.4, 0.5) is 0 Å². The Hall–Kier alpha value is -1.07. The van der Waals surface area contributed by atoms with Gasteiger partial charge in [-0.2, -0.15) is 0 Å². The van der Waals surface area contributed by atoms with Gasteiger partial charge in [0, 0.05) is 28.6 Å². The second kappa shape index (κ2) is 7.27. The molecule has 0 saturated heterocycles. The fourth-order valence-corrected chi connectivity index (χ4v) is 3.60. The molecule has 116 valence electrons. The van der Waals surface area contributed by atoms with E-state index < -0.39 is 5.54 Å². The Balaban J connectivity index is 1.98. The van der Waals surface area contributed by atoms with Crippen LogP contribution in [0.15, 0.2) is 29.4 Å². The van der Waals surface area contributed by atoms with E-state index in [1.165, 1.54) is 4.90 Å². The first-order valence-corrected chi connectivity index (χ1v) is 8.43. The van der Waals surface area contributed by atoms with Crippen LogP contribution in [0.25, 0.3) is 0 Å². The highest BCUT2D eigenvalue weighted by Gasteiger charge is 2.40. The largest absolute Gasteiger partial charge is 0.465 e. The lowest BCUT2D eigenvalue weighted by atomic mass is 9.95. The molecule has 1 saturated carbocycles. The Labute approximate surface area is 131 Å². The van der Waals surface area contributed by atoms with Crippen LogP contribution in [0.1, 0.15) is 40.0 Å². The number of aromatic nitrogens is 1. The minimum atomic E-state index is -0.601. The quantitative estimate of drug-likeness (QED) is 0.591. The zero-order chi connectivity index (χ0) is 15.3. The Bertz CT molecular complexity index is 465. The molecule has 5 heteroatoms. The van der Waals surface area contributed by atoms with Gasteiger partial charge in [-0.05, 0) is 45.2 Å². The van der Waals surface area contributed by atoms with Gasteiger partial charge in [0.2, 0.25) is 0 Å². The molecule has 1 aromatic rings. The van der Waals surface area contributed by atoms with Crippen molar-refractivity contribution in [2.75, 3.05) is 6.61 Å². The van der Waals surface area contributed by atoms with Crippen molar-refractivity contribution in [2.45, 2.75) is 61.8 Å². The van der Waals surface area contributed by atoms with Crippen LogP contribution < -0.4 is 5.32 Å². The van der Waals surface area contributed by atoms with E-state index in [-0.39, 0.29) is 5.97 Å². The van der Waals surface area contributed by atoms with Gasteiger partial charge in [-0.1, -0.05) is 6.92 Å². The van der Waals surface area contributed by atoms with Gasteiger partial charge in [-0.3, -0.25) is 15.1 Å². The van der Waals surface area contributed by atoms with Gasteiger partial charge in [0.15, 0.2) is 0 Å². The summed E-state index contributed by atoms with van der Waals surface area (Å²) in [4.78, 5) is 17.5. The highest BCUT2D eigenvalue weighted by atomic mass is 32.2. The normalized spacial score (nSPS) is 18.8. The third-order valence-electron chi connectivity index (χ3n) is 3.51. The first kappa shape index (κ1) is 16.3. The van der Waals surface area contributed by atoms with E-state index in [9.17, 15) is 4.79 Å².